The summed E-state index contributed by atoms with van der Waals surface area (Å²) in [6, 6.07) is 0. The van der Waals surface area contributed by atoms with Crippen molar-refractivity contribution in [3.63, 3.8) is 0 Å². The second kappa shape index (κ2) is 13.5. The van der Waals surface area contributed by atoms with E-state index in [1.54, 1.807) is 44.9 Å². The van der Waals surface area contributed by atoms with Gasteiger partial charge in [-0.1, -0.05) is 136 Å². The third-order valence-electron chi connectivity index (χ3n) is 9.54. The summed E-state index contributed by atoms with van der Waals surface area (Å²) in [7, 11) is 0. The Bertz CT molecular complexity index is 423. The highest BCUT2D eigenvalue weighted by Gasteiger charge is 2.32. The van der Waals surface area contributed by atoms with Crippen molar-refractivity contribution in [1.29, 1.82) is 0 Å². The average Bonchev–Trinajstić information content (AvgIpc) is 2.76. The van der Waals surface area contributed by atoms with Gasteiger partial charge in [-0.25, -0.2) is 0 Å². The lowest BCUT2D eigenvalue weighted by molar-refractivity contribution is 0.119. The van der Waals surface area contributed by atoms with Crippen LogP contribution in [0.1, 0.15) is 162 Å². The second-order valence-electron chi connectivity index (χ2n) is 12.6. The molecule has 3 aliphatic carbocycles. The molecule has 0 heterocycles. The van der Waals surface area contributed by atoms with E-state index in [9.17, 15) is 0 Å². The lowest BCUT2D eigenvalue weighted by Crippen LogP contribution is -2.28. The van der Waals surface area contributed by atoms with Gasteiger partial charge in [-0.15, -0.1) is 0 Å². The summed E-state index contributed by atoms with van der Waals surface area (Å²) >= 11 is 0. The van der Waals surface area contributed by atoms with Crippen LogP contribution in [0.2, 0.25) is 0 Å². The Morgan fingerprint density at radius 2 is 1.00 bits per heavy atom. The molecular formula is C30H56. The van der Waals surface area contributed by atoms with E-state index in [1.165, 1.54) is 103 Å². The van der Waals surface area contributed by atoms with Gasteiger partial charge in [0.2, 0.25) is 0 Å². The van der Waals surface area contributed by atoms with E-state index in [1.807, 2.05) is 0 Å². The first kappa shape index (κ1) is 24.6. The van der Waals surface area contributed by atoms with Gasteiger partial charge in [0, 0.05) is 0 Å². The van der Waals surface area contributed by atoms with Crippen molar-refractivity contribution in [3.05, 3.63) is 0 Å². The molecule has 30 heavy (non-hydrogen) atoms. The zero-order valence-electron chi connectivity index (χ0n) is 21.1. The van der Waals surface area contributed by atoms with Crippen LogP contribution >= 0.6 is 0 Å². The molecule has 0 nitrogen and oxygen atoms in total. The van der Waals surface area contributed by atoms with Crippen LogP contribution in [0.25, 0.3) is 0 Å². The topological polar surface area (TPSA) is 0 Å². The number of hydrogen-bond acceptors (Lipinski definition) is 0. The van der Waals surface area contributed by atoms with Gasteiger partial charge in [-0.05, 0) is 54.8 Å². The zero-order valence-corrected chi connectivity index (χ0v) is 21.1. The van der Waals surface area contributed by atoms with Crippen molar-refractivity contribution >= 4 is 0 Å². The molecular weight excluding hydrogens is 360 g/mol. The van der Waals surface area contributed by atoms with Crippen molar-refractivity contribution in [2.45, 2.75) is 162 Å². The van der Waals surface area contributed by atoms with Crippen molar-refractivity contribution < 1.29 is 0 Å². The van der Waals surface area contributed by atoms with Crippen LogP contribution in [0.4, 0.5) is 0 Å². The lowest BCUT2D eigenvalue weighted by atomic mass is 9.67. The van der Waals surface area contributed by atoms with Gasteiger partial charge in [0.1, 0.15) is 0 Å². The fourth-order valence-electron chi connectivity index (χ4n) is 7.61. The van der Waals surface area contributed by atoms with Crippen LogP contribution in [-0.4, -0.2) is 0 Å². The normalized spacial score (nSPS) is 32.2. The minimum Gasteiger partial charge on any atom is -0.0599 e. The third-order valence-corrected chi connectivity index (χ3v) is 9.54. The molecule has 0 radical (unpaired) electrons. The molecule has 176 valence electrons. The highest BCUT2D eigenvalue weighted by Crippen LogP contribution is 2.44. The van der Waals surface area contributed by atoms with Crippen LogP contribution in [0.3, 0.4) is 0 Å². The average molecular weight is 417 g/mol. The van der Waals surface area contributed by atoms with Crippen molar-refractivity contribution in [2.24, 2.45) is 29.1 Å². The standard InChI is InChI=1S/C30H56/c1-30(2)23-15-7-5-3-4-6-12-21-28(25-26-17-10-8-11-18-26)29(22-16-24-30)27-19-13-9-14-20-27/h26-29H,3-25H2,1-2H3. The fraction of sp³-hybridized carbons (Fsp3) is 1.00. The molecule has 0 aromatic rings. The molecule has 0 amide bonds. The molecule has 0 saturated heterocycles. The number of rotatable bonds is 3. The highest BCUT2D eigenvalue weighted by atomic mass is 14.4. The maximum atomic E-state index is 2.57. The van der Waals surface area contributed by atoms with E-state index in [0.29, 0.717) is 5.41 Å². The van der Waals surface area contributed by atoms with E-state index in [2.05, 4.69) is 13.8 Å². The van der Waals surface area contributed by atoms with Crippen LogP contribution in [0.15, 0.2) is 0 Å². The Morgan fingerprint density at radius 3 is 1.70 bits per heavy atom. The Morgan fingerprint density at radius 1 is 0.500 bits per heavy atom. The summed E-state index contributed by atoms with van der Waals surface area (Å²) in [5.41, 5.74) is 0.580. The van der Waals surface area contributed by atoms with Gasteiger partial charge >= 0.3 is 0 Å². The van der Waals surface area contributed by atoms with Gasteiger partial charge in [0.15, 0.2) is 0 Å². The SMILES string of the molecule is CC1(C)CCCCCCCCCC(CC2CCCCC2)C(C2CCCCC2)CCC1. The molecule has 3 rings (SSSR count). The van der Waals surface area contributed by atoms with Gasteiger partial charge in [0.05, 0.1) is 0 Å². The van der Waals surface area contributed by atoms with Gasteiger partial charge < -0.3 is 0 Å². The van der Waals surface area contributed by atoms with E-state index in [-0.39, 0.29) is 0 Å². The van der Waals surface area contributed by atoms with Crippen LogP contribution < -0.4 is 0 Å². The first-order chi connectivity index (χ1) is 14.6. The lowest BCUT2D eigenvalue weighted by Gasteiger charge is -2.39. The second-order valence-corrected chi connectivity index (χ2v) is 12.6. The predicted molar refractivity (Wildman–Crippen MR) is 134 cm³/mol. The molecule has 3 aliphatic rings. The van der Waals surface area contributed by atoms with E-state index in [0.717, 1.165) is 23.7 Å². The van der Waals surface area contributed by atoms with E-state index >= 15 is 0 Å². The Hall–Kier alpha value is 0. The quantitative estimate of drug-likeness (QED) is 0.429. The summed E-state index contributed by atoms with van der Waals surface area (Å²) in [6.45, 7) is 5.14. The van der Waals surface area contributed by atoms with Crippen molar-refractivity contribution in [3.8, 4) is 0 Å². The molecule has 0 bridgehead atoms. The maximum Gasteiger partial charge on any atom is -0.0354 e. The fourth-order valence-corrected chi connectivity index (χ4v) is 7.61. The molecule has 3 saturated carbocycles. The Balaban J connectivity index is 1.68. The third kappa shape index (κ3) is 8.86. The minimum absolute atomic E-state index is 0.580. The number of hydrogen-bond donors (Lipinski definition) is 0. The van der Waals surface area contributed by atoms with Crippen molar-refractivity contribution in [2.75, 3.05) is 0 Å². The summed E-state index contributed by atoms with van der Waals surface area (Å²) in [6.07, 6.45) is 35.1. The van der Waals surface area contributed by atoms with E-state index < -0.39 is 0 Å². The summed E-state index contributed by atoms with van der Waals surface area (Å²) in [4.78, 5) is 0. The summed E-state index contributed by atoms with van der Waals surface area (Å²) in [5, 5.41) is 0. The Kier molecular flexibility index (Phi) is 11.1. The molecule has 0 aromatic carbocycles. The van der Waals surface area contributed by atoms with Gasteiger partial charge in [-0.2, -0.15) is 0 Å². The molecule has 0 heteroatoms. The van der Waals surface area contributed by atoms with Gasteiger partial charge in [0.25, 0.3) is 0 Å². The predicted octanol–water partition coefficient (Wildman–Crippen LogP) is 10.5. The molecule has 0 N–H and O–H groups in total. The molecule has 0 aromatic heterocycles. The Labute approximate surface area is 190 Å². The maximum absolute atomic E-state index is 2.57. The first-order valence-electron chi connectivity index (χ1n) is 14.6. The van der Waals surface area contributed by atoms with Gasteiger partial charge in [-0.3, -0.25) is 0 Å². The molecule has 0 spiro atoms. The van der Waals surface area contributed by atoms with Crippen LogP contribution in [0, 0.1) is 29.1 Å². The molecule has 3 fully saturated rings. The monoisotopic (exact) mass is 416 g/mol. The molecule has 0 aliphatic heterocycles. The van der Waals surface area contributed by atoms with Crippen LogP contribution in [0.5, 0.6) is 0 Å². The van der Waals surface area contributed by atoms with Crippen molar-refractivity contribution in [1.82, 2.24) is 0 Å². The molecule has 2 atom stereocenters. The first-order valence-corrected chi connectivity index (χ1v) is 14.6. The minimum atomic E-state index is 0.580. The highest BCUT2D eigenvalue weighted by molar-refractivity contribution is 4.83. The zero-order chi connectivity index (χ0) is 21.1. The molecule has 2 unspecified atom stereocenters. The summed E-state index contributed by atoms with van der Waals surface area (Å²) in [5.74, 6) is 4.28. The van der Waals surface area contributed by atoms with E-state index in [4.69, 9.17) is 0 Å². The smallest absolute Gasteiger partial charge is 0.0354 e. The largest absolute Gasteiger partial charge is 0.0599 e. The van der Waals surface area contributed by atoms with Crippen LogP contribution in [-0.2, 0) is 0 Å². The summed E-state index contributed by atoms with van der Waals surface area (Å²) < 4.78 is 0.